The molecule has 0 unspecified atom stereocenters. The van der Waals surface area contributed by atoms with E-state index in [0.717, 1.165) is 45.2 Å². The molecule has 2 heterocycles. The fraction of sp³-hybridized carbons (Fsp3) is 0.372. The highest BCUT2D eigenvalue weighted by Crippen LogP contribution is 2.47. The minimum atomic E-state index is -0.0244. The Morgan fingerprint density at radius 1 is 0.826 bits per heavy atom. The number of rotatable bonds is 13. The second-order valence-electron chi connectivity index (χ2n) is 13.7. The lowest BCUT2D eigenvalue weighted by Crippen LogP contribution is -2.27. The van der Waals surface area contributed by atoms with Crippen molar-refractivity contribution in [3.63, 3.8) is 0 Å². The van der Waals surface area contributed by atoms with Crippen LogP contribution in [0.15, 0.2) is 130 Å². The number of hydrogen-bond donors (Lipinski definition) is 0. The Bertz CT molecular complexity index is 1670. The maximum Gasteiger partial charge on any atom is 0.209 e. The number of nitrogens with zero attached hydrogens (tertiary/aromatic N) is 2. The molecule has 2 aliphatic heterocycles. The molecule has 3 aromatic carbocycles. The van der Waals surface area contributed by atoms with Gasteiger partial charge in [0.05, 0.1) is 5.41 Å². The maximum atomic E-state index is 2.55. The van der Waals surface area contributed by atoms with Gasteiger partial charge < -0.3 is 4.90 Å². The van der Waals surface area contributed by atoms with E-state index in [9.17, 15) is 0 Å². The van der Waals surface area contributed by atoms with Gasteiger partial charge in [-0.05, 0) is 86.8 Å². The molecule has 0 aromatic heterocycles. The van der Waals surface area contributed by atoms with Gasteiger partial charge in [-0.3, -0.25) is 0 Å². The molecule has 3 aromatic rings. The van der Waals surface area contributed by atoms with E-state index in [4.69, 9.17) is 0 Å². The van der Waals surface area contributed by atoms with Gasteiger partial charge in [-0.15, -0.1) is 0 Å². The summed E-state index contributed by atoms with van der Waals surface area (Å²) in [6.07, 6.45) is 17.3. The number of fused-ring (bicyclic) bond motifs is 2. The average molecular weight is 630 g/mol. The molecule has 0 bridgehead atoms. The first kappa shape index (κ1) is 33.8. The maximum absolute atomic E-state index is 2.55. The van der Waals surface area contributed by atoms with Gasteiger partial charge in [0.15, 0.2) is 5.71 Å². The van der Waals surface area contributed by atoms with E-state index in [1.807, 2.05) is 11.8 Å². The van der Waals surface area contributed by atoms with Crippen molar-refractivity contribution in [3.05, 3.63) is 137 Å². The molecule has 46 heavy (non-hydrogen) atoms. The topological polar surface area (TPSA) is 6.25 Å². The first-order chi connectivity index (χ1) is 22.2. The third kappa shape index (κ3) is 7.05. The monoisotopic (exact) mass is 629 g/mol. The second-order valence-corrected chi connectivity index (χ2v) is 15.0. The van der Waals surface area contributed by atoms with Gasteiger partial charge in [0.1, 0.15) is 6.54 Å². The Morgan fingerprint density at radius 2 is 1.52 bits per heavy atom. The summed E-state index contributed by atoms with van der Waals surface area (Å²) < 4.78 is 2.55. The standard InChI is InChI=1S/C43H53N2S/c1-8-31-44-38-26-19-17-24-36(38)42(4,5)40(44)28-16-11-10-13-21-34(33(3)46-35-22-14-12-15-23-35)29-30-41-43(6,7)37-25-18-20-27-39(37)45(41)32-9-2/h11-12,14-20,22-30H,8-10,13,21,31-32H2,1-7H3/q+1/b16-11-,30-29+,34-33-,40-28+. The molecule has 2 aliphatic rings. The van der Waals surface area contributed by atoms with E-state index in [1.54, 1.807) is 0 Å². The SMILES string of the molecule is CCCN1/C(=C/C=C\CCCC(/C=C/C2=[N+](CCC)c3ccccc3C2(C)C)=C(\C)Sc2ccccc2)C(C)(C)c2ccccc21. The highest BCUT2D eigenvalue weighted by Gasteiger charge is 2.43. The van der Waals surface area contributed by atoms with Gasteiger partial charge in [-0.2, -0.15) is 4.58 Å². The van der Waals surface area contributed by atoms with Gasteiger partial charge in [-0.1, -0.05) is 112 Å². The molecule has 0 aliphatic carbocycles. The van der Waals surface area contributed by atoms with Crippen molar-refractivity contribution in [1.82, 2.24) is 0 Å². The summed E-state index contributed by atoms with van der Waals surface area (Å²) in [5.41, 5.74) is 9.80. The molecule has 0 radical (unpaired) electrons. The van der Waals surface area contributed by atoms with Crippen LogP contribution in [-0.2, 0) is 10.8 Å². The summed E-state index contributed by atoms with van der Waals surface area (Å²) in [6, 6.07) is 28.6. The normalized spacial score (nSPS) is 18.2. The summed E-state index contributed by atoms with van der Waals surface area (Å²) >= 11 is 1.89. The van der Waals surface area contributed by atoms with Crippen molar-refractivity contribution in [2.75, 3.05) is 18.0 Å². The lowest BCUT2D eigenvalue weighted by Gasteiger charge is -2.26. The number of para-hydroxylation sites is 2. The Labute approximate surface area is 283 Å². The number of thioether (sulfide) groups is 1. The van der Waals surface area contributed by atoms with Crippen LogP contribution in [0, 0.1) is 0 Å². The molecule has 0 spiro atoms. The molecule has 0 amide bonds. The van der Waals surface area contributed by atoms with Crippen molar-refractivity contribution in [3.8, 4) is 0 Å². The zero-order chi connectivity index (χ0) is 32.7. The summed E-state index contributed by atoms with van der Waals surface area (Å²) in [5.74, 6) is 0. The van der Waals surface area contributed by atoms with Gasteiger partial charge >= 0.3 is 0 Å². The van der Waals surface area contributed by atoms with Crippen molar-refractivity contribution in [2.45, 2.75) is 96.3 Å². The van der Waals surface area contributed by atoms with Gasteiger partial charge in [0, 0.05) is 52.4 Å². The number of anilines is 1. The van der Waals surface area contributed by atoms with Crippen molar-refractivity contribution in [1.29, 1.82) is 0 Å². The summed E-state index contributed by atoms with van der Waals surface area (Å²) in [4.78, 5) is 5.20. The molecule has 5 rings (SSSR count). The van der Waals surface area contributed by atoms with E-state index in [-0.39, 0.29) is 10.8 Å². The van der Waals surface area contributed by atoms with E-state index >= 15 is 0 Å². The average Bonchev–Trinajstić information content (AvgIpc) is 3.40. The molecule has 0 saturated carbocycles. The van der Waals surface area contributed by atoms with Crippen LogP contribution in [-0.4, -0.2) is 23.4 Å². The Kier molecular flexibility index (Phi) is 10.9. The van der Waals surface area contributed by atoms with Crippen LogP contribution in [0.2, 0.25) is 0 Å². The van der Waals surface area contributed by atoms with E-state index in [1.165, 1.54) is 49.3 Å². The molecule has 2 nitrogen and oxygen atoms in total. The van der Waals surface area contributed by atoms with Gasteiger partial charge in [0.25, 0.3) is 0 Å². The minimum absolute atomic E-state index is 0.0135. The first-order valence-corrected chi connectivity index (χ1v) is 18.1. The lowest BCUT2D eigenvalue weighted by molar-refractivity contribution is -0.437. The quantitative estimate of drug-likeness (QED) is 0.0803. The van der Waals surface area contributed by atoms with Crippen molar-refractivity contribution in [2.24, 2.45) is 0 Å². The smallest absolute Gasteiger partial charge is 0.209 e. The second kappa shape index (κ2) is 14.9. The molecule has 0 saturated heterocycles. The molecule has 0 fully saturated rings. The predicted octanol–water partition coefficient (Wildman–Crippen LogP) is 11.9. The fourth-order valence-corrected chi connectivity index (χ4v) is 8.11. The van der Waals surface area contributed by atoms with Crippen LogP contribution in [0.25, 0.3) is 0 Å². The first-order valence-electron chi connectivity index (χ1n) is 17.3. The molecule has 0 atom stereocenters. The van der Waals surface area contributed by atoms with E-state index in [2.05, 4.69) is 167 Å². The molecular weight excluding hydrogens is 577 g/mol. The Morgan fingerprint density at radius 3 is 2.26 bits per heavy atom. The largest absolute Gasteiger partial charge is 0.344 e. The van der Waals surface area contributed by atoms with Crippen LogP contribution in [0.3, 0.4) is 0 Å². The summed E-state index contributed by atoms with van der Waals surface area (Å²) in [6.45, 7) is 18.4. The summed E-state index contributed by atoms with van der Waals surface area (Å²) in [5, 5.41) is 0. The van der Waals surface area contributed by atoms with Crippen LogP contribution in [0.4, 0.5) is 11.4 Å². The predicted molar refractivity (Wildman–Crippen MR) is 202 cm³/mol. The Hall–Kier alpha value is -3.56. The Balaban J connectivity index is 1.35. The zero-order valence-electron chi connectivity index (χ0n) is 29.1. The number of hydrogen-bond acceptors (Lipinski definition) is 2. The third-order valence-corrected chi connectivity index (χ3v) is 10.7. The molecule has 0 N–H and O–H groups in total. The molecular formula is C43H53N2S+. The minimum Gasteiger partial charge on any atom is -0.344 e. The van der Waals surface area contributed by atoms with Crippen LogP contribution >= 0.6 is 11.8 Å². The van der Waals surface area contributed by atoms with Crippen LogP contribution in [0.5, 0.6) is 0 Å². The van der Waals surface area contributed by atoms with Gasteiger partial charge in [0.2, 0.25) is 5.69 Å². The van der Waals surface area contributed by atoms with Crippen molar-refractivity contribution >= 4 is 28.8 Å². The number of unbranched alkanes of at least 4 members (excludes halogenated alkanes) is 1. The highest BCUT2D eigenvalue weighted by atomic mass is 32.2. The number of benzene rings is 3. The van der Waals surface area contributed by atoms with E-state index in [0.29, 0.717) is 0 Å². The van der Waals surface area contributed by atoms with Gasteiger partial charge in [-0.25, -0.2) is 0 Å². The third-order valence-electron chi connectivity index (χ3n) is 9.61. The lowest BCUT2D eigenvalue weighted by atomic mass is 9.81. The highest BCUT2D eigenvalue weighted by molar-refractivity contribution is 8.03. The number of allylic oxidation sites excluding steroid dienone is 8. The summed E-state index contributed by atoms with van der Waals surface area (Å²) in [7, 11) is 0. The van der Waals surface area contributed by atoms with E-state index < -0.39 is 0 Å². The molecule has 240 valence electrons. The van der Waals surface area contributed by atoms with Crippen molar-refractivity contribution < 1.29 is 4.58 Å². The van der Waals surface area contributed by atoms with Crippen LogP contribution in [0.1, 0.15) is 91.7 Å². The fourth-order valence-electron chi connectivity index (χ4n) is 7.16. The van der Waals surface area contributed by atoms with Crippen LogP contribution < -0.4 is 4.90 Å². The zero-order valence-corrected chi connectivity index (χ0v) is 30.0. The molecule has 3 heteroatoms.